The van der Waals surface area contributed by atoms with Gasteiger partial charge in [-0.05, 0) is 6.92 Å². The van der Waals surface area contributed by atoms with Crippen LogP contribution >= 0.6 is 0 Å². The van der Waals surface area contributed by atoms with Crippen LogP contribution in [0.3, 0.4) is 0 Å². The summed E-state index contributed by atoms with van der Waals surface area (Å²) >= 11 is 0. The zero-order valence-corrected chi connectivity index (χ0v) is 3.64. The zero-order valence-electron chi connectivity index (χ0n) is 3.64. The van der Waals surface area contributed by atoms with E-state index in [9.17, 15) is 0 Å². The molecular formula is C4H6NO. The fourth-order valence-electron chi connectivity index (χ4n) is 0.322. The van der Waals surface area contributed by atoms with Crippen LogP contribution in [0.1, 0.15) is 13.3 Å². The molecule has 2 heteroatoms. The zero-order chi connectivity index (χ0) is 4.41. The van der Waals surface area contributed by atoms with E-state index in [1.165, 1.54) is 0 Å². The molecule has 33 valence electrons. The van der Waals surface area contributed by atoms with Crippen LogP contribution in [0.15, 0.2) is 5.16 Å². The molecule has 1 radical (unpaired) electrons. The summed E-state index contributed by atoms with van der Waals surface area (Å²) in [5.74, 6) is 0. The summed E-state index contributed by atoms with van der Waals surface area (Å²) in [7, 11) is 0. The Morgan fingerprint density at radius 2 is 2.83 bits per heavy atom. The average molecular weight is 84.1 g/mol. The third-order valence-electron chi connectivity index (χ3n) is 0.662. The Bertz CT molecular complexity index is 77.6. The quantitative estimate of drug-likeness (QED) is 0.428. The van der Waals surface area contributed by atoms with Crippen LogP contribution in [-0.2, 0) is 4.84 Å². The van der Waals surface area contributed by atoms with E-state index in [4.69, 9.17) is 0 Å². The molecule has 0 aromatic heterocycles. The Morgan fingerprint density at radius 3 is 3.00 bits per heavy atom. The lowest BCUT2D eigenvalue weighted by Gasteiger charge is -1.74. The van der Waals surface area contributed by atoms with E-state index in [-0.39, 0.29) is 0 Å². The summed E-state index contributed by atoms with van der Waals surface area (Å²) in [6, 6.07) is 0. The lowest BCUT2D eigenvalue weighted by Crippen LogP contribution is -1.78. The van der Waals surface area contributed by atoms with E-state index in [2.05, 4.69) is 9.99 Å². The maximum Gasteiger partial charge on any atom is 0.172 e. The summed E-state index contributed by atoms with van der Waals surface area (Å²) in [6.07, 6.45) is 0.889. The highest BCUT2D eigenvalue weighted by molar-refractivity contribution is 5.83. The van der Waals surface area contributed by atoms with E-state index < -0.39 is 0 Å². The van der Waals surface area contributed by atoms with Crippen molar-refractivity contribution < 1.29 is 4.84 Å². The Balaban J connectivity index is 2.45. The molecule has 0 N–H and O–H groups in total. The highest BCUT2D eigenvalue weighted by atomic mass is 16.6. The molecule has 0 spiro atoms. The number of hydrogen-bond donors (Lipinski definition) is 0. The Labute approximate surface area is 36.8 Å². The molecule has 0 aromatic rings. The topological polar surface area (TPSA) is 21.6 Å². The third kappa shape index (κ3) is 0.506. The SMILES string of the molecule is CC1=NO[CH]C1. The highest BCUT2D eigenvalue weighted by Crippen LogP contribution is 2.01. The summed E-state index contributed by atoms with van der Waals surface area (Å²) in [5.41, 5.74) is 1.05. The van der Waals surface area contributed by atoms with E-state index in [1.54, 1.807) is 6.61 Å². The molecule has 2 nitrogen and oxygen atoms in total. The molecule has 0 aromatic carbocycles. The van der Waals surface area contributed by atoms with Crippen LogP contribution in [0.5, 0.6) is 0 Å². The van der Waals surface area contributed by atoms with Crippen LogP contribution in [-0.4, -0.2) is 5.71 Å². The minimum absolute atomic E-state index is 0.889. The molecule has 0 atom stereocenters. The number of rotatable bonds is 0. The first kappa shape index (κ1) is 3.65. The smallest absolute Gasteiger partial charge is 0.172 e. The van der Waals surface area contributed by atoms with E-state index in [0.717, 1.165) is 12.1 Å². The molecule has 1 rings (SSSR count). The highest BCUT2D eigenvalue weighted by Gasteiger charge is 1.99. The first-order chi connectivity index (χ1) is 2.89. The monoisotopic (exact) mass is 84.0 g/mol. The predicted molar refractivity (Wildman–Crippen MR) is 23.1 cm³/mol. The van der Waals surface area contributed by atoms with Crippen molar-refractivity contribution in [3.63, 3.8) is 0 Å². The second kappa shape index (κ2) is 1.29. The maximum atomic E-state index is 4.52. The summed E-state index contributed by atoms with van der Waals surface area (Å²) < 4.78 is 0. The standard InChI is InChI=1S/C4H6NO/c1-4-2-3-6-5-4/h3H,2H2,1H3. The second-order valence-corrected chi connectivity index (χ2v) is 1.30. The molecule has 0 fully saturated rings. The summed E-state index contributed by atoms with van der Waals surface area (Å²) in [4.78, 5) is 4.52. The lowest BCUT2D eigenvalue weighted by atomic mass is 10.3. The Hall–Kier alpha value is -0.530. The van der Waals surface area contributed by atoms with Gasteiger partial charge in [0.1, 0.15) is 0 Å². The van der Waals surface area contributed by atoms with Gasteiger partial charge in [0.2, 0.25) is 0 Å². The largest absolute Gasteiger partial charge is 0.388 e. The van der Waals surface area contributed by atoms with Crippen molar-refractivity contribution >= 4 is 5.71 Å². The van der Waals surface area contributed by atoms with Gasteiger partial charge in [0.05, 0.1) is 5.71 Å². The predicted octanol–water partition coefficient (Wildman–Crippen LogP) is 0.944. The first-order valence-electron chi connectivity index (χ1n) is 1.90. The Kier molecular flexibility index (Phi) is 0.783. The van der Waals surface area contributed by atoms with Gasteiger partial charge >= 0.3 is 0 Å². The van der Waals surface area contributed by atoms with Crippen molar-refractivity contribution in [1.82, 2.24) is 0 Å². The molecule has 0 bridgehead atoms. The molecule has 0 saturated carbocycles. The van der Waals surface area contributed by atoms with Crippen LogP contribution in [0.25, 0.3) is 0 Å². The van der Waals surface area contributed by atoms with E-state index in [1.807, 2.05) is 6.92 Å². The van der Waals surface area contributed by atoms with Crippen LogP contribution in [0.4, 0.5) is 0 Å². The number of oxime groups is 1. The minimum Gasteiger partial charge on any atom is -0.388 e. The fraction of sp³-hybridized carbons (Fsp3) is 0.500. The van der Waals surface area contributed by atoms with Crippen molar-refractivity contribution in [2.75, 3.05) is 0 Å². The van der Waals surface area contributed by atoms with Gasteiger partial charge in [0.15, 0.2) is 6.61 Å². The maximum absolute atomic E-state index is 4.52. The third-order valence-corrected chi connectivity index (χ3v) is 0.662. The molecule has 1 aliphatic heterocycles. The normalized spacial score (nSPS) is 19.8. The van der Waals surface area contributed by atoms with Gasteiger partial charge in [0, 0.05) is 6.42 Å². The Morgan fingerprint density at radius 1 is 2.00 bits per heavy atom. The fourth-order valence-corrected chi connectivity index (χ4v) is 0.322. The molecule has 1 aliphatic rings. The van der Waals surface area contributed by atoms with Gasteiger partial charge < -0.3 is 4.84 Å². The molecular weight excluding hydrogens is 78.0 g/mol. The molecule has 6 heavy (non-hydrogen) atoms. The lowest BCUT2D eigenvalue weighted by molar-refractivity contribution is 0.234. The van der Waals surface area contributed by atoms with Gasteiger partial charge in [-0.3, -0.25) is 0 Å². The summed E-state index contributed by atoms with van der Waals surface area (Å²) in [5, 5.41) is 3.60. The van der Waals surface area contributed by atoms with Crippen molar-refractivity contribution in [1.29, 1.82) is 0 Å². The van der Waals surface area contributed by atoms with Crippen molar-refractivity contribution in [2.24, 2.45) is 5.16 Å². The van der Waals surface area contributed by atoms with Crippen molar-refractivity contribution in [3.05, 3.63) is 6.61 Å². The van der Waals surface area contributed by atoms with Crippen LogP contribution in [0, 0.1) is 6.61 Å². The minimum atomic E-state index is 0.889. The number of nitrogens with zero attached hydrogens (tertiary/aromatic N) is 1. The van der Waals surface area contributed by atoms with Crippen LogP contribution in [0.2, 0.25) is 0 Å². The van der Waals surface area contributed by atoms with E-state index in [0.29, 0.717) is 0 Å². The van der Waals surface area contributed by atoms with Gasteiger partial charge in [0.25, 0.3) is 0 Å². The second-order valence-electron chi connectivity index (χ2n) is 1.30. The van der Waals surface area contributed by atoms with Gasteiger partial charge in [-0.1, -0.05) is 5.16 Å². The number of hydrogen-bond acceptors (Lipinski definition) is 2. The average Bonchev–Trinajstić information content (AvgIpc) is 1.86. The van der Waals surface area contributed by atoms with Gasteiger partial charge in [-0.2, -0.15) is 0 Å². The first-order valence-corrected chi connectivity index (χ1v) is 1.90. The van der Waals surface area contributed by atoms with Crippen molar-refractivity contribution in [2.45, 2.75) is 13.3 Å². The van der Waals surface area contributed by atoms with Gasteiger partial charge in [-0.15, -0.1) is 0 Å². The van der Waals surface area contributed by atoms with Crippen molar-refractivity contribution in [3.8, 4) is 0 Å². The van der Waals surface area contributed by atoms with E-state index >= 15 is 0 Å². The van der Waals surface area contributed by atoms with Crippen LogP contribution < -0.4 is 0 Å². The molecule has 0 amide bonds. The molecule has 0 aliphatic carbocycles. The van der Waals surface area contributed by atoms with Gasteiger partial charge in [-0.25, -0.2) is 0 Å². The molecule has 0 saturated heterocycles. The molecule has 0 unspecified atom stereocenters. The summed E-state index contributed by atoms with van der Waals surface area (Å²) in [6.45, 7) is 3.61. The molecule has 1 heterocycles.